The molecule has 0 fully saturated rings. The first-order chi connectivity index (χ1) is 11.5. The molecule has 1 amide bonds. The molecule has 0 radical (unpaired) electrons. The van der Waals surface area contributed by atoms with Crippen LogP contribution in [0.15, 0.2) is 45.3 Å². The number of carbonyl (C=O) groups is 1. The summed E-state index contributed by atoms with van der Waals surface area (Å²) in [6.45, 7) is 0. The van der Waals surface area contributed by atoms with Gasteiger partial charge in [0.05, 0.1) is 21.3 Å². The molecule has 3 aromatic rings. The Morgan fingerprint density at radius 1 is 1.42 bits per heavy atom. The maximum Gasteiger partial charge on any atom is 0.234 e. The molecule has 0 bridgehead atoms. The molecule has 124 valence electrons. The maximum atomic E-state index is 12.1. The van der Waals surface area contributed by atoms with Crippen molar-refractivity contribution >= 4 is 62.2 Å². The first kappa shape index (κ1) is 17.3. The molecule has 6 nitrogen and oxygen atoms in total. The van der Waals surface area contributed by atoms with Gasteiger partial charge in [-0.3, -0.25) is 4.79 Å². The SMILES string of the molecule is Nn1c(SCC(=O)Nc2ccc(Br)cc2Cl)nnc1-c1cccs1. The molecule has 0 atom stereocenters. The first-order valence-corrected chi connectivity index (χ1v) is 9.70. The summed E-state index contributed by atoms with van der Waals surface area (Å²) in [6.07, 6.45) is 0. The number of carbonyl (C=O) groups excluding carboxylic acids is 1. The second kappa shape index (κ2) is 7.56. The van der Waals surface area contributed by atoms with Gasteiger partial charge < -0.3 is 11.2 Å². The van der Waals surface area contributed by atoms with E-state index in [2.05, 4.69) is 31.4 Å². The number of aromatic nitrogens is 3. The van der Waals surface area contributed by atoms with Gasteiger partial charge in [-0.1, -0.05) is 45.4 Å². The molecule has 3 N–H and O–H groups in total. The summed E-state index contributed by atoms with van der Waals surface area (Å²) in [5.41, 5.74) is 0.555. The molecule has 0 saturated carbocycles. The maximum absolute atomic E-state index is 12.1. The summed E-state index contributed by atoms with van der Waals surface area (Å²) in [5, 5.41) is 13.7. The summed E-state index contributed by atoms with van der Waals surface area (Å²) in [5.74, 6) is 6.51. The topological polar surface area (TPSA) is 85.8 Å². The number of nitrogens with two attached hydrogens (primary N) is 1. The number of hydrogen-bond donors (Lipinski definition) is 2. The highest BCUT2D eigenvalue weighted by atomic mass is 79.9. The molecule has 0 unspecified atom stereocenters. The van der Waals surface area contributed by atoms with Crippen LogP contribution in [-0.2, 0) is 4.79 Å². The van der Waals surface area contributed by atoms with E-state index in [9.17, 15) is 4.79 Å². The van der Waals surface area contributed by atoms with Crippen molar-refractivity contribution in [2.24, 2.45) is 0 Å². The molecule has 24 heavy (non-hydrogen) atoms. The minimum Gasteiger partial charge on any atom is -0.335 e. The lowest BCUT2D eigenvalue weighted by Gasteiger charge is -2.07. The third kappa shape index (κ3) is 3.92. The quantitative estimate of drug-likeness (QED) is 0.461. The molecule has 0 spiro atoms. The monoisotopic (exact) mass is 443 g/mol. The zero-order chi connectivity index (χ0) is 17.1. The Morgan fingerprint density at radius 3 is 2.96 bits per heavy atom. The van der Waals surface area contributed by atoms with Crippen LogP contribution in [0.1, 0.15) is 0 Å². The van der Waals surface area contributed by atoms with Crippen LogP contribution in [0.4, 0.5) is 5.69 Å². The highest BCUT2D eigenvalue weighted by Gasteiger charge is 2.14. The lowest BCUT2D eigenvalue weighted by atomic mass is 10.3. The summed E-state index contributed by atoms with van der Waals surface area (Å²) in [7, 11) is 0. The van der Waals surface area contributed by atoms with E-state index in [0.29, 0.717) is 21.7 Å². The smallest absolute Gasteiger partial charge is 0.234 e. The number of nitrogen functional groups attached to an aromatic ring is 1. The fourth-order valence-electron chi connectivity index (χ4n) is 1.86. The Morgan fingerprint density at radius 2 is 2.25 bits per heavy atom. The normalized spacial score (nSPS) is 10.8. The van der Waals surface area contributed by atoms with E-state index in [0.717, 1.165) is 9.35 Å². The number of nitrogens with one attached hydrogen (secondary N) is 1. The van der Waals surface area contributed by atoms with E-state index in [4.69, 9.17) is 17.4 Å². The van der Waals surface area contributed by atoms with E-state index in [1.807, 2.05) is 17.5 Å². The largest absolute Gasteiger partial charge is 0.335 e. The van der Waals surface area contributed by atoms with Gasteiger partial charge in [-0.05, 0) is 29.6 Å². The van der Waals surface area contributed by atoms with E-state index in [1.165, 1.54) is 27.8 Å². The average molecular weight is 445 g/mol. The number of thiophene rings is 1. The van der Waals surface area contributed by atoms with Crippen molar-refractivity contribution in [2.75, 3.05) is 16.9 Å². The van der Waals surface area contributed by atoms with Gasteiger partial charge in [-0.25, -0.2) is 4.68 Å². The zero-order valence-electron chi connectivity index (χ0n) is 12.1. The minimum atomic E-state index is -0.204. The fraction of sp³-hybridized carbons (Fsp3) is 0.0714. The van der Waals surface area contributed by atoms with Crippen molar-refractivity contribution in [1.82, 2.24) is 14.9 Å². The highest BCUT2D eigenvalue weighted by Crippen LogP contribution is 2.27. The predicted octanol–water partition coefficient (Wildman–Crippen LogP) is 3.87. The molecule has 0 aliphatic rings. The van der Waals surface area contributed by atoms with Crippen LogP contribution >= 0.6 is 50.6 Å². The standard InChI is InChI=1S/C14H11BrClN5OS2/c15-8-3-4-10(9(16)6-8)18-12(22)7-24-14-20-19-13(21(14)17)11-2-1-5-23-11/h1-6H,7,17H2,(H,18,22). The number of thioether (sulfide) groups is 1. The molecule has 0 aliphatic heterocycles. The summed E-state index contributed by atoms with van der Waals surface area (Å²) < 4.78 is 2.23. The molecule has 0 aliphatic carbocycles. The lowest BCUT2D eigenvalue weighted by Crippen LogP contribution is -2.16. The summed E-state index contributed by atoms with van der Waals surface area (Å²) in [4.78, 5) is 13.0. The molecule has 2 aromatic heterocycles. The number of hydrogen-bond acceptors (Lipinski definition) is 6. The van der Waals surface area contributed by atoms with Crippen molar-refractivity contribution < 1.29 is 4.79 Å². The van der Waals surface area contributed by atoms with Crippen LogP contribution in [0.2, 0.25) is 5.02 Å². The number of anilines is 1. The number of benzene rings is 1. The van der Waals surface area contributed by atoms with Crippen molar-refractivity contribution in [2.45, 2.75) is 5.16 Å². The Kier molecular flexibility index (Phi) is 5.44. The number of rotatable bonds is 5. The van der Waals surface area contributed by atoms with Crippen LogP contribution in [-0.4, -0.2) is 26.5 Å². The zero-order valence-corrected chi connectivity index (χ0v) is 16.0. The van der Waals surface area contributed by atoms with Crippen molar-refractivity contribution in [1.29, 1.82) is 0 Å². The molecule has 10 heteroatoms. The minimum absolute atomic E-state index is 0.145. The number of amides is 1. The average Bonchev–Trinajstić information content (AvgIpc) is 3.18. The summed E-state index contributed by atoms with van der Waals surface area (Å²) in [6, 6.07) is 9.08. The van der Waals surface area contributed by atoms with Gasteiger partial charge in [-0.2, -0.15) is 0 Å². The van der Waals surface area contributed by atoms with Gasteiger partial charge >= 0.3 is 0 Å². The van der Waals surface area contributed by atoms with Crippen molar-refractivity contribution in [3.8, 4) is 10.7 Å². The third-order valence-corrected chi connectivity index (χ3v) is 5.56. The van der Waals surface area contributed by atoms with Gasteiger partial charge in [-0.15, -0.1) is 21.5 Å². The predicted molar refractivity (Wildman–Crippen MR) is 102 cm³/mol. The second-order valence-corrected chi connectivity index (χ2v) is 7.83. The summed E-state index contributed by atoms with van der Waals surface area (Å²) >= 11 is 12.1. The van der Waals surface area contributed by atoms with E-state index in [-0.39, 0.29) is 11.7 Å². The van der Waals surface area contributed by atoms with Gasteiger partial charge in [0.25, 0.3) is 0 Å². The Balaban J connectivity index is 1.62. The third-order valence-electron chi connectivity index (χ3n) is 2.94. The van der Waals surface area contributed by atoms with Crippen LogP contribution in [0, 0.1) is 0 Å². The first-order valence-electron chi connectivity index (χ1n) is 6.66. The van der Waals surface area contributed by atoms with E-state index >= 15 is 0 Å². The fourth-order valence-corrected chi connectivity index (χ4v) is 3.94. The molecular formula is C14H11BrClN5OS2. The Hall–Kier alpha value is -1.55. The highest BCUT2D eigenvalue weighted by molar-refractivity contribution is 9.10. The van der Waals surface area contributed by atoms with Crippen molar-refractivity contribution in [3.63, 3.8) is 0 Å². The number of halogens is 2. The number of nitrogens with zero attached hydrogens (tertiary/aromatic N) is 3. The Labute approximate surface area is 159 Å². The van der Waals surface area contributed by atoms with Gasteiger partial charge in [0.15, 0.2) is 5.82 Å². The van der Waals surface area contributed by atoms with Crippen LogP contribution < -0.4 is 11.2 Å². The van der Waals surface area contributed by atoms with Crippen LogP contribution in [0.5, 0.6) is 0 Å². The lowest BCUT2D eigenvalue weighted by molar-refractivity contribution is -0.113. The van der Waals surface area contributed by atoms with Gasteiger partial charge in [0, 0.05) is 4.47 Å². The van der Waals surface area contributed by atoms with Gasteiger partial charge in [0.1, 0.15) is 0 Å². The molecular weight excluding hydrogens is 434 g/mol. The molecule has 3 rings (SSSR count). The molecule has 0 saturated heterocycles. The van der Waals surface area contributed by atoms with Crippen LogP contribution in [0.3, 0.4) is 0 Å². The second-order valence-electron chi connectivity index (χ2n) is 4.61. The van der Waals surface area contributed by atoms with Crippen molar-refractivity contribution in [3.05, 3.63) is 45.2 Å². The molecule has 1 aromatic carbocycles. The molecule has 2 heterocycles. The van der Waals surface area contributed by atoms with E-state index < -0.39 is 0 Å². The van der Waals surface area contributed by atoms with Crippen LogP contribution in [0.25, 0.3) is 10.7 Å². The Bertz CT molecular complexity index is 868. The van der Waals surface area contributed by atoms with E-state index in [1.54, 1.807) is 18.2 Å². The van der Waals surface area contributed by atoms with Gasteiger partial charge in [0.2, 0.25) is 11.1 Å².